The predicted octanol–water partition coefficient (Wildman–Crippen LogP) is 6.29. The van der Waals surface area contributed by atoms with Gasteiger partial charge in [-0.2, -0.15) is 0 Å². The first kappa shape index (κ1) is 21.1. The molecular weight excluding hydrogens is 417 g/mol. The van der Waals surface area contributed by atoms with Gasteiger partial charge in [-0.3, -0.25) is 14.5 Å². The van der Waals surface area contributed by atoms with Crippen molar-refractivity contribution in [1.29, 1.82) is 0 Å². The molecule has 33 heavy (non-hydrogen) atoms. The fourth-order valence-electron chi connectivity index (χ4n) is 4.44. The second kappa shape index (κ2) is 7.41. The number of amides is 1. The Morgan fingerprint density at radius 1 is 0.909 bits per heavy atom. The van der Waals surface area contributed by atoms with Crippen molar-refractivity contribution in [2.75, 3.05) is 4.90 Å². The summed E-state index contributed by atoms with van der Waals surface area (Å²) in [6.45, 7) is 8.30. The zero-order valence-corrected chi connectivity index (χ0v) is 19.0. The van der Waals surface area contributed by atoms with E-state index in [-0.39, 0.29) is 16.6 Å². The van der Waals surface area contributed by atoms with Crippen LogP contribution in [-0.2, 0) is 5.41 Å². The molecule has 3 aromatic carbocycles. The summed E-state index contributed by atoms with van der Waals surface area (Å²) in [6, 6.07) is 18.3. The van der Waals surface area contributed by atoms with Crippen molar-refractivity contribution in [3.8, 4) is 0 Å². The normalized spacial score (nSPS) is 15.8. The molecule has 0 spiro atoms. The Kier molecular flexibility index (Phi) is 4.74. The molecule has 4 nitrogen and oxygen atoms in total. The van der Waals surface area contributed by atoms with Gasteiger partial charge in [0.2, 0.25) is 5.76 Å². The smallest absolute Gasteiger partial charge is 0.295 e. The number of rotatable bonds is 2. The van der Waals surface area contributed by atoms with E-state index >= 15 is 0 Å². The Morgan fingerprint density at radius 3 is 2.21 bits per heavy atom. The first-order valence-corrected chi connectivity index (χ1v) is 10.9. The van der Waals surface area contributed by atoms with Gasteiger partial charge in [-0.05, 0) is 59.9 Å². The van der Waals surface area contributed by atoms with Crippen LogP contribution in [0.25, 0.3) is 11.0 Å². The van der Waals surface area contributed by atoms with Crippen LogP contribution in [0.1, 0.15) is 59.6 Å². The van der Waals surface area contributed by atoms with E-state index in [1.807, 2.05) is 37.3 Å². The number of carbonyl (C=O) groups excluding carboxylic acids is 1. The lowest BCUT2D eigenvalue weighted by Gasteiger charge is -2.26. The number of carbonyl (C=O) groups is 1. The minimum atomic E-state index is -0.673. The maximum absolute atomic E-state index is 13.7. The highest BCUT2D eigenvalue weighted by molar-refractivity contribution is 6.10. The van der Waals surface area contributed by atoms with Crippen LogP contribution >= 0.6 is 0 Å². The molecule has 0 radical (unpaired) electrons. The van der Waals surface area contributed by atoms with Gasteiger partial charge in [0.25, 0.3) is 5.91 Å². The molecule has 0 bridgehead atoms. The lowest BCUT2D eigenvalue weighted by molar-refractivity contribution is 0.0971. The molecule has 1 amide bonds. The lowest BCUT2D eigenvalue weighted by atomic mass is 9.86. The van der Waals surface area contributed by atoms with Crippen molar-refractivity contribution < 1.29 is 13.6 Å². The Hall–Kier alpha value is -3.73. The average molecular weight is 442 g/mol. The zero-order chi connectivity index (χ0) is 23.5. The highest BCUT2D eigenvalue weighted by atomic mass is 19.1. The summed E-state index contributed by atoms with van der Waals surface area (Å²) >= 11 is 0. The molecule has 1 aliphatic rings. The van der Waals surface area contributed by atoms with Crippen LogP contribution in [0, 0.1) is 12.7 Å². The van der Waals surface area contributed by atoms with E-state index < -0.39 is 17.8 Å². The fraction of sp³-hybridized carbons (Fsp3) is 0.214. The van der Waals surface area contributed by atoms with Crippen LogP contribution in [-0.4, -0.2) is 5.91 Å². The van der Waals surface area contributed by atoms with Crippen molar-refractivity contribution in [3.05, 3.63) is 111 Å². The van der Waals surface area contributed by atoms with Gasteiger partial charge in [0.15, 0.2) is 5.43 Å². The van der Waals surface area contributed by atoms with Gasteiger partial charge in [0.05, 0.1) is 17.0 Å². The van der Waals surface area contributed by atoms with Crippen LogP contribution in [0.5, 0.6) is 0 Å². The monoisotopic (exact) mass is 441 g/mol. The summed E-state index contributed by atoms with van der Waals surface area (Å²) in [6.07, 6.45) is 0. The van der Waals surface area contributed by atoms with Crippen LogP contribution in [0.4, 0.5) is 10.1 Å². The molecule has 166 valence electrons. The van der Waals surface area contributed by atoms with E-state index in [0.29, 0.717) is 22.2 Å². The molecule has 2 heterocycles. The maximum atomic E-state index is 13.7. The third kappa shape index (κ3) is 3.44. The van der Waals surface area contributed by atoms with Gasteiger partial charge < -0.3 is 4.42 Å². The van der Waals surface area contributed by atoms with Gasteiger partial charge >= 0.3 is 0 Å². The molecule has 4 aromatic rings. The second-order valence-electron chi connectivity index (χ2n) is 9.60. The molecule has 1 unspecified atom stereocenters. The SMILES string of the molecule is Cc1ccc2oc3c(c(=O)c2c1)C(c1ccc(C(C)(C)C)cc1)N(c1ccc(F)cc1)C3=O. The summed E-state index contributed by atoms with van der Waals surface area (Å²) in [4.78, 5) is 28.7. The van der Waals surface area contributed by atoms with Crippen LogP contribution < -0.4 is 10.3 Å². The van der Waals surface area contributed by atoms with E-state index in [1.54, 1.807) is 24.3 Å². The van der Waals surface area contributed by atoms with Crippen molar-refractivity contribution in [2.45, 2.75) is 39.2 Å². The topological polar surface area (TPSA) is 50.5 Å². The van der Waals surface area contributed by atoms with Crippen molar-refractivity contribution in [3.63, 3.8) is 0 Å². The largest absolute Gasteiger partial charge is 0.450 e. The lowest BCUT2D eigenvalue weighted by Crippen LogP contribution is -2.29. The van der Waals surface area contributed by atoms with Gasteiger partial charge in [-0.15, -0.1) is 0 Å². The number of fused-ring (bicyclic) bond motifs is 2. The molecule has 0 N–H and O–H groups in total. The minimum Gasteiger partial charge on any atom is -0.450 e. The molecule has 1 aromatic heterocycles. The number of benzene rings is 3. The maximum Gasteiger partial charge on any atom is 0.295 e. The quantitative estimate of drug-likeness (QED) is 0.367. The standard InChI is InChI=1S/C28H24FNO3/c1-16-5-14-22-21(15-16)25(31)23-24(17-6-8-18(9-7-17)28(2,3)4)30(27(32)26(23)33-22)20-12-10-19(29)11-13-20/h5-15,24H,1-4H3. The zero-order valence-electron chi connectivity index (χ0n) is 19.0. The van der Waals surface area contributed by atoms with E-state index in [2.05, 4.69) is 20.8 Å². The van der Waals surface area contributed by atoms with Crippen LogP contribution in [0.3, 0.4) is 0 Å². The van der Waals surface area contributed by atoms with E-state index in [1.165, 1.54) is 17.0 Å². The van der Waals surface area contributed by atoms with Gasteiger partial charge in [-0.1, -0.05) is 56.7 Å². The molecule has 0 aliphatic carbocycles. The summed E-state index contributed by atoms with van der Waals surface area (Å²) in [5.74, 6) is -0.781. The number of hydrogen-bond donors (Lipinski definition) is 0. The minimum absolute atomic E-state index is 0.0329. The molecule has 0 fully saturated rings. The van der Waals surface area contributed by atoms with Crippen molar-refractivity contribution in [1.82, 2.24) is 0 Å². The van der Waals surface area contributed by atoms with E-state index in [4.69, 9.17) is 4.42 Å². The van der Waals surface area contributed by atoms with Crippen molar-refractivity contribution in [2.24, 2.45) is 0 Å². The summed E-state index contributed by atoms with van der Waals surface area (Å²) in [5, 5.41) is 0.443. The first-order chi connectivity index (χ1) is 15.6. The molecular formula is C28H24FNO3. The van der Waals surface area contributed by atoms with Gasteiger partial charge in [0.1, 0.15) is 11.4 Å². The molecule has 0 saturated heterocycles. The average Bonchev–Trinajstić information content (AvgIpc) is 3.07. The Bertz CT molecular complexity index is 1440. The van der Waals surface area contributed by atoms with Crippen LogP contribution in [0.2, 0.25) is 0 Å². The van der Waals surface area contributed by atoms with E-state index in [9.17, 15) is 14.0 Å². The summed E-state index contributed by atoms with van der Waals surface area (Å²) < 4.78 is 19.6. The third-order valence-electron chi connectivity index (χ3n) is 6.22. The Morgan fingerprint density at radius 2 is 1.58 bits per heavy atom. The number of nitrogens with zero attached hydrogens (tertiary/aromatic N) is 1. The van der Waals surface area contributed by atoms with Gasteiger partial charge in [-0.25, -0.2) is 4.39 Å². The second-order valence-corrected chi connectivity index (χ2v) is 9.60. The number of hydrogen-bond acceptors (Lipinski definition) is 3. The Balaban J connectivity index is 1.77. The first-order valence-electron chi connectivity index (χ1n) is 10.9. The predicted molar refractivity (Wildman–Crippen MR) is 127 cm³/mol. The number of aryl methyl sites for hydroxylation is 1. The Labute approximate surface area is 191 Å². The molecule has 1 aliphatic heterocycles. The molecule has 5 heteroatoms. The highest BCUT2D eigenvalue weighted by Crippen LogP contribution is 2.41. The number of anilines is 1. The van der Waals surface area contributed by atoms with Gasteiger partial charge in [0, 0.05) is 5.69 Å². The third-order valence-corrected chi connectivity index (χ3v) is 6.22. The highest BCUT2D eigenvalue weighted by Gasteiger charge is 2.43. The summed E-state index contributed by atoms with van der Waals surface area (Å²) in [7, 11) is 0. The molecule has 5 rings (SSSR count). The van der Waals surface area contributed by atoms with E-state index in [0.717, 1.165) is 16.7 Å². The number of halogens is 1. The molecule has 1 atom stereocenters. The summed E-state index contributed by atoms with van der Waals surface area (Å²) in [5.41, 5.74) is 3.79. The van der Waals surface area contributed by atoms with Crippen LogP contribution in [0.15, 0.2) is 75.9 Å². The molecule has 0 saturated carbocycles. The fourth-order valence-corrected chi connectivity index (χ4v) is 4.44. The van der Waals surface area contributed by atoms with Crippen molar-refractivity contribution >= 4 is 22.6 Å².